The second-order valence-electron chi connectivity index (χ2n) is 5.80. The molecule has 0 radical (unpaired) electrons. The lowest BCUT2D eigenvalue weighted by atomic mass is 10.1. The SMILES string of the molecule is COc1cccc(-c2cc(N3CCN(C)CC3)nc(N)n2)c1OC. The van der Waals surface area contributed by atoms with Gasteiger partial charge in [0, 0.05) is 37.8 Å². The molecule has 0 atom stereocenters. The van der Waals surface area contributed by atoms with E-state index in [4.69, 9.17) is 15.2 Å². The van der Waals surface area contributed by atoms with Gasteiger partial charge in [0.1, 0.15) is 5.82 Å². The number of nitrogen functional groups attached to an aromatic ring is 1. The van der Waals surface area contributed by atoms with Gasteiger partial charge in [0.05, 0.1) is 19.9 Å². The summed E-state index contributed by atoms with van der Waals surface area (Å²) in [6.45, 7) is 3.84. The van der Waals surface area contributed by atoms with Gasteiger partial charge in [0.15, 0.2) is 11.5 Å². The van der Waals surface area contributed by atoms with Crippen LogP contribution in [0.3, 0.4) is 0 Å². The van der Waals surface area contributed by atoms with Gasteiger partial charge in [-0.2, -0.15) is 4.98 Å². The number of nitrogens with two attached hydrogens (primary N) is 1. The molecule has 1 aliphatic heterocycles. The van der Waals surface area contributed by atoms with E-state index in [0.717, 1.165) is 43.3 Å². The smallest absolute Gasteiger partial charge is 0.222 e. The van der Waals surface area contributed by atoms with E-state index < -0.39 is 0 Å². The van der Waals surface area contributed by atoms with Gasteiger partial charge in [-0.15, -0.1) is 0 Å². The largest absolute Gasteiger partial charge is 0.493 e. The third-order valence-corrected chi connectivity index (χ3v) is 4.24. The average Bonchev–Trinajstić information content (AvgIpc) is 2.61. The lowest BCUT2D eigenvalue weighted by molar-refractivity contribution is 0.312. The highest BCUT2D eigenvalue weighted by Crippen LogP contribution is 2.37. The first-order valence-corrected chi connectivity index (χ1v) is 7.91. The van der Waals surface area contributed by atoms with Crippen molar-refractivity contribution in [2.24, 2.45) is 0 Å². The summed E-state index contributed by atoms with van der Waals surface area (Å²) >= 11 is 0. The Kier molecular flexibility index (Phi) is 4.71. The highest BCUT2D eigenvalue weighted by molar-refractivity contribution is 5.73. The van der Waals surface area contributed by atoms with Gasteiger partial charge in [0.25, 0.3) is 0 Å². The van der Waals surface area contributed by atoms with Gasteiger partial charge >= 0.3 is 0 Å². The number of nitrogens with zero attached hydrogens (tertiary/aromatic N) is 4. The van der Waals surface area contributed by atoms with E-state index in [-0.39, 0.29) is 5.95 Å². The number of rotatable bonds is 4. The molecule has 7 heteroatoms. The Labute approximate surface area is 142 Å². The molecule has 0 aliphatic carbocycles. The monoisotopic (exact) mass is 329 g/mol. The van der Waals surface area contributed by atoms with Crippen LogP contribution in [0.15, 0.2) is 24.3 Å². The number of aromatic nitrogens is 2. The normalized spacial score (nSPS) is 15.4. The van der Waals surface area contributed by atoms with Crippen molar-refractivity contribution in [3.8, 4) is 22.8 Å². The molecular formula is C17H23N5O2. The summed E-state index contributed by atoms with van der Waals surface area (Å²) in [6, 6.07) is 7.66. The van der Waals surface area contributed by atoms with E-state index in [1.807, 2.05) is 24.3 Å². The number of piperazine rings is 1. The van der Waals surface area contributed by atoms with Crippen molar-refractivity contribution in [3.63, 3.8) is 0 Å². The molecule has 2 N–H and O–H groups in total. The van der Waals surface area contributed by atoms with Crippen LogP contribution in [0.25, 0.3) is 11.3 Å². The first-order valence-electron chi connectivity index (χ1n) is 7.91. The van der Waals surface area contributed by atoms with Crippen molar-refractivity contribution in [1.29, 1.82) is 0 Å². The van der Waals surface area contributed by atoms with Crippen molar-refractivity contribution in [2.45, 2.75) is 0 Å². The van der Waals surface area contributed by atoms with Crippen molar-refractivity contribution in [1.82, 2.24) is 14.9 Å². The third kappa shape index (κ3) is 3.21. The fourth-order valence-electron chi connectivity index (χ4n) is 2.88. The lowest BCUT2D eigenvalue weighted by Gasteiger charge is -2.33. The second kappa shape index (κ2) is 6.92. The van der Waals surface area contributed by atoms with Crippen LogP contribution in [0.5, 0.6) is 11.5 Å². The van der Waals surface area contributed by atoms with Crippen molar-refractivity contribution < 1.29 is 9.47 Å². The molecule has 0 bridgehead atoms. The van der Waals surface area contributed by atoms with Gasteiger partial charge < -0.3 is 25.0 Å². The quantitative estimate of drug-likeness (QED) is 0.910. The van der Waals surface area contributed by atoms with Crippen LogP contribution in [-0.4, -0.2) is 62.3 Å². The molecule has 1 saturated heterocycles. The molecule has 1 aliphatic rings. The lowest BCUT2D eigenvalue weighted by Crippen LogP contribution is -2.44. The van der Waals surface area contributed by atoms with Crippen molar-refractivity contribution in [2.75, 3.05) is 58.1 Å². The second-order valence-corrected chi connectivity index (χ2v) is 5.80. The number of methoxy groups -OCH3 is 2. The zero-order valence-corrected chi connectivity index (χ0v) is 14.3. The molecular weight excluding hydrogens is 306 g/mol. The van der Waals surface area contributed by atoms with E-state index in [9.17, 15) is 0 Å². The minimum atomic E-state index is 0.256. The predicted octanol–water partition coefficient (Wildman–Crippen LogP) is 1.49. The fourth-order valence-corrected chi connectivity index (χ4v) is 2.88. The molecule has 1 aromatic heterocycles. The van der Waals surface area contributed by atoms with Crippen molar-refractivity contribution >= 4 is 11.8 Å². The Morgan fingerprint density at radius 1 is 1.04 bits per heavy atom. The Bertz CT molecular complexity index is 714. The molecule has 0 unspecified atom stereocenters. The average molecular weight is 329 g/mol. The summed E-state index contributed by atoms with van der Waals surface area (Å²) in [5, 5.41) is 0. The third-order valence-electron chi connectivity index (χ3n) is 4.24. The zero-order chi connectivity index (χ0) is 17.1. The van der Waals surface area contributed by atoms with Crippen LogP contribution in [0.4, 0.5) is 11.8 Å². The number of hydrogen-bond acceptors (Lipinski definition) is 7. The molecule has 1 fully saturated rings. The summed E-state index contributed by atoms with van der Waals surface area (Å²) in [7, 11) is 5.36. The van der Waals surface area contributed by atoms with Gasteiger partial charge in [-0.3, -0.25) is 0 Å². The topological polar surface area (TPSA) is 76.7 Å². The highest BCUT2D eigenvalue weighted by Gasteiger charge is 2.19. The summed E-state index contributed by atoms with van der Waals surface area (Å²) in [6.07, 6.45) is 0. The molecule has 7 nitrogen and oxygen atoms in total. The van der Waals surface area contributed by atoms with Gasteiger partial charge in [-0.1, -0.05) is 6.07 Å². The Morgan fingerprint density at radius 3 is 2.46 bits per heavy atom. The number of para-hydroxylation sites is 1. The van der Waals surface area contributed by atoms with Crippen LogP contribution in [0, 0.1) is 0 Å². The molecule has 0 spiro atoms. The Balaban J connectivity index is 2.00. The molecule has 2 heterocycles. The van der Waals surface area contributed by atoms with Crippen LogP contribution in [0.2, 0.25) is 0 Å². The molecule has 128 valence electrons. The molecule has 2 aromatic rings. The maximum Gasteiger partial charge on any atom is 0.222 e. The Hall–Kier alpha value is -2.54. The van der Waals surface area contributed by atoms with E-state index in [0.29, 0.717) is 11.5 Å². The first kappa shape index (κ1) is 16.3. The molecule has 0 saturated carbocycles. The number of hydrogen-bond donors (Lipinski definition) is 1. The van der Waals surface area contributed by atoms with Gasteiger partial charge in [0.2, 0.25) is 5.95 Å². The predicted molar refractivity (Wildman–Crippen MR) is 94.7 cm³/mol. The maximum atomic E-state index is 5.96. The van der Waals surface area contributed by atoms with Crippen molar-refractivity contribution in [3.05, 3.63) is 24.3 Å². The molecule has 0 amide bonds. The van der Waals surface area contributed by atoms with E-state index >= 15 is 0 Å². The minimum absolute atomic E-state index is 0.256. The van der Waals surface area contributed by atoms with Crippen LogP contribution in [0.1, 0.15) is 0 Å². The summed E-state index contributed by atoms with van der Waals surface area (Å²) in [5.41, 5.74) is 7.52. The first-order chi connectivity index (χ1) is 11.6. The standard InChI is InChI=1S/C17H23N5O2/c1-21-7-9-22(10-8-21)15-11-13(19-17(18)20-15)12-5-4-6-14(23-2)16(12)24-3/h4-6,11H,7-10H2,1-3H3,(H2,18,19,20). The van der Waals surface area contributed by atoms with Crippen LogP contribution < -0.4 is 20.1 Å². The Morgan fingerprint density at radius 2 is 1.79 bits per heavy atom. The zero-order valence-electron chi connectivity index (χ0n) is 14.3. The van der Waals surface area contributed by atoms with E-state index in [2.05, 4.69) is 26.8 Å². The van der Waals surface area contributed by atoms with E-state index in [1.165, 1.54) is 0 Å². The van der Waals surface area contributed by atoms with Gasteiger partial charge in [-0.05, 0) is 19.2 Å². The minimum Gasteiger partial charge on any atom is -0.493 e. The summed E-state index contributed by atoms with van der Waals surface area (Å²) < 4.78 is 10.9. The highest BCUT2D eigenvalue weighted by atomic mass is 16.5. The van der Waals surface area contributed by atoms with Crippen LogP contribution >= 0.6 is 0 Å². The molecule has 24 heavy (non-hydrogen) atoms. The summed E-state index contributed by atoms with van der Waals surface area (Å²) in [4.78, 5) is 13.3. The molecule has 3 rings (SSSR count). The number of benzene rings is 1. The number of ether oxygens (including phenoxy) is 2. The molecule has 1 aromatic carbocycles. The number of likely N-dealkylation sites (N-methyl/N-ethyl adjacent to an activating group) is 1. The van der Waals surface area contributed by atoms with E-state index in [1.54, 1.807) is 14.2 Å². The number of anilines is 2. The fraction of sp³-hybridized carbons (Fsp3) is 0.412. The summed E-state index contributed by atoms with van der Waals surface area (Å²) in [5.74, 6) is 2.40. The maximum absolute atomic E-state index is 5.96. The van der Waals surface area contributed by atoms with Gasteiger partial charge in [-0.25, -0.2) is 4.98 Å². The van der Waals surface area contributed by atoms with Crippen LogP contribution in [-0.2, 0) is 0 Å².